The number of piperidine rings is 1. The van der Waals surface area contributed by atoms with Crippen molar-refractivity contribution in [3.63, 3.8) is 0 Å². The zero-order chi connectivity index (χ0) is 14.7. The van der Waals surface area contributed by atoms with Crippen molar-refractivity contribution >= 4 is 21.5 Å². The summed E-state index contributed by atoms with van der Waals surface area (Å²) in [7, 11) is 0. The van der Waals surface area contributed by atoms with Crippen molar-refractivity contribution in [2.75, 3.05) is 24.1 Å². The molecule has 0 bridgehead atoms. The molecule has 21 heavy (non-hydrogen) atoms. The normalized spacial score (nSPS) is 23.1. The van der Waals surface area contributed by atoms with Crippen LogP contribution in [0.4, 0.5) is 10.1 Å². The van der Waals surface area contributed by atoms with Crippen molar-refractivity contribution in [1.29, 1.82) is 0 Å². The number of anilines is 2. The number of nitrogens with two attached hydrogens (primary N) is 1. The number of aromatic nitrogens is 1. The highest BCUT2D eigenvalue weighted by Crippen LogP contribution is 2.26. The van der Waals surface area contributed by atoms with Gasteiger partial charge in [0.15, 0.2) is 5.13 Å². The molecule has 1 aliphatic rings. The van der Waals surface area contributed by atoms with Crippen molar-refractivity contribution in [3.8, 4) is 0 Å². The van der Waals surface area contributed by atoms with Crippen LogP contribution in [-0.4, -0.2) is 29.0 Å². The maximum Gasteiger partial charge on any atom is 0.184 e. The Morgan fingerprint density at radius 2 is 2.19 bits per heavy atom. The van der Waals surface area contributed by atoms with Crippen LogP contribution >= 0.6 is 11.3 Å². The first kappa shape index (κ1) is 14.4. The topological polar surface area (TPSA) is 54.2 Å². The second-order valence-corrected chi connectivity index (χ2v) is 6.87. The lowest BCUT2D eigenvalue weighted by molar-refractivity contribution is 0.164. The number of likely N-dealkylation sites (tertiary alicyclic amines) is 1. The number of hydrogen-bond donors (Lipinski definition) is 2. The van der Waals surface area contributed by atoms with Gasteiger partial charge in [-0.1, -0.05) is 48.6 Å². The lowest BCUT2D eigenvalue weighted by atomic mass is 9.93. The van der Waals surface area contributed by atoms with Gasteiger partial charge in [-0.15, -0.1) is 0 Å². The van der Waals surface area contributed by atoms with Crippen molar-refractivity contribution in [3.05, 3.63) is 42.1 Å². The van der Waals surface area contributed by atoms with Gasteiger partial charge in [0, 0.05) is 25.7 Å². The van der Waals surface area contributed by atoms with Crippen LogP contribution < -0.4 is 11.1 Å². The van der Waals surface area contributed by atoms with Gasteiger partial charge in [0.25, 0.3) is 0 Å². The summed E-state index contributed by atoms with van der Waals surface area (Å²) in [5, 5.41) is 5.25. The van der Waals surface area contributed by atoms with Gasteiger partial charge in [0.05, 0.1) is 6.20 Å². The van der Waals surface area contributed by atoms with E-state index < -0.39 is 0 Å². The number of rotatable bonds is 4. The predicted molar refractivity (Wildman–Crippen MR) is 89.4 cm³/mol. The molecule has 3 N–H and O–H groups in total. The molecule has 0 saturated carbocycles. The van der Waals surface area contributed by atoms with Gasteiger partial charge < -0.3 is 11.1 Å². The van der Waals surface area contributed by atoms with Gasteiger partial charge in [-0.2, -0.15) is 0 Å². The molecule has 4 nitrogen and oxygen atoms in total. The molecule has 1 aliphatic heterocycles. The number of thiazole rings is 1. The molecule has 2 aromatic rings. The highest BCUT2D eigenvalue weighted by Gasteiger charge is 2.26. The first-order valence-electron chi connectivity index (χ1n) is 7.45. The van der Waals surface area contributed by atoms with Crippen molar-refractivity contribution in [2.24, 2.45) is 5.92 Å². The highest BCUT2D eigenvalue weighted by molar-refractivity contribution is 7.19. The summed E-state index contributed by atoms with van der Waals surface area (Å²) in [6, 6.07) is 11.2. The van der Waals surface area contributed by atoms with Crippen molar-refractivity contribution < 1.29 is 0 Å². The summed E-state index contributed by atoms with van der Waals surface area (Å²) in [6.45, 7) is 5.60. The predicted octanol–water partition coefficient (Wildman–Crippen LogP) is 3.05. The Balaban J connectivity index is 1.54. The van der Waals surface area contributed by atoms with Crippen LogP contribution in [0.5, 0.6) is 0 Å². The van der Waals surface area contributed by atoms with E-state index in [9.17, 15) is 0 Å². The molecule has 1 saturated heterocycles. The summed E-state index contributed by atoms with van der Waals surface area (Å²) < 4.78 is 0. The van der Waals surface area contributed by atoms with Crippen LogP contribution in [0, 0.1) is 5.92 Å². The Labute approximate surface area is 130 Å². The fourth-order valence-corrected chi connectivity index (χ4v) is 3.59. The van der Waals surface area contributed by atoms with Gasteiger partial charge in [-0.05, 0) is 17.9 Å². The molecule has 1 fully saturated rings. The number of nitrogens with one attached hydrogen (secondary N) is 1. The first-order valence-corrected chi connectivity index (χ1v) is 8.26. The molecule has 5 heteroatoms. The Morgan fingerprint density at radius 3 is 2.86 bits per heavy atom. The summed E-state index contributed by atoms with van der Waals surface area (Å²) in [5.41, 5.74) is 7.13. The van der Waals surface area contributed by atoms with Gasteiger partial charge >= 0.3 is 0 Å². The number of nitrogens with zero attached hydrogens (tertiary/aromatic N) is 2. The molecular formula is C16H22N4S. The van der Waals surface area contributed by atoms with Crippen molar-refractivity contribution in [1.82, 2.24) is 9.88 Å². The van der Waals surface area contributed by atoms with E-state index >= 15 is 0 Å². The molecule has 2 unspecified atom stereocenters. The van der Waals surface area contributed by atoms with E-state index in [4.69, 9.17) is 5.73 Å². The molecule has 112 valence electrons. The molecule has 1 aromatic heterocycles. The Hall–Kier alpha value is -1.59. The third-order valence-electron chi connectivity index (χ3n) is 4.07. The molecule has 0 aliphatic carbocycles. The minimum Gasteiger partial charge on any atom is -0.389 e. The summed E-state index contributed by atoms with van der Waals surface area (Å²) in [4.78, 5) is 6.84. The number of nitrogen functional groups attached to an aromatic ring is 1. The lowest BCUT2D eigenvalue weighted by Crippen LogP contribution is -2.44. The first-order chi connectivity index (χ1) is 10.2. The molecular weight excluding hydrogens is 280 g/mol. The van der Waals surface area contributed by atoms with Crippen molar-refractivity contribution in [2.45, 2.75) is 25.9 Å². The Bertz CT molecular complexity index is 569. The van der Waals surface area contributed by atoms with Gasteiger partial charge in [-0.25, -0.2) is 4.98 Å². The van der Waals surface area contributed by atoms with Crippen LogP contribution in [0.15, 0.2) is 36.5 Å². The maximum absolute atomic E-state index is 5.73. The molecule has 2 atom stereocenters. The molecule has 1 aromatic carbocycles. The Kier molecular flexibility index (Phi) is 4.41. The van der Waals surface area contributed by atoms with E-state index in [-0.39, 0.29) is 0 Å². The third-order valence-corrected chi connectivity index (χ3v) is 4.83. The molecule has 2 heterocycles. The largest absolute Gasteiger partial charge is 0.389 e. The van der Waals surface area contributed by atoms with Crippen LogP contribution in [-0.2, 0) is 6.54 Å². The smallest absolute Gasteiger partial charge is 0.184 e. The van der Waals surface area contributed by atoms with Gasteiger partial charge in [0.1, 0.15) is 5.00 Å². The molecule has 0 spiro atoms. The van der Waals surface area contributed by atoms with E-state index in [0.717, 1.165) is 36.2 Å². The minimum atomic E-state index is 0.488. The summed E-state index contributed by atoms with van der Waals surface area (Å²) >= 11 is 1.53. The second-order valence-electron chi connectivity index (χ2n) is 5.81. The van der Waals surface area contributed by atoms with Gasteiger partial charge in [0.2, 0.25) is 0 Å². The molecule has 3 rings (SSSR count). The zero-order valence-corrected chi connectivity index (χ0v) is 13.1. The SMILES string of the molecule is CC1CN(Cc2ccccc2)CCC1Nc1ncc(N)s1. The monoisotopic (exact) mass is 302 g/mol. The van der Waals surface area contributed by atoms with E-state index in [1.54, 1.807) is 6.20 Å². The zero-order valence-electron chi connectivity index (χ0n) is 12.3. The number of benzene rings is 1. The second kappa shape index (κ2) is 6.45. The average Bonchev–Trinajstić information content (AvgIpc) is 2.88. The van der Waals surface area contributed by atoms with E-state index in [1.807, 2.05) is 0 Å². The van der Waals surface area contributed by atoms with Crippen LogP contribution in [0.1, 0.15) is 18.9 Å². The van der Waals surface area contributed by atoms with Crippen LogP contribution in [0.25, 0.3) is 0 Å². The summed E-state index contributed by atoms with van der Waals surface area (Å²) in [6.07, 6.45) is 2.87. The van der Waals surface area contributed by atoms with Crippen LogP contribution in [0.3, 0.4) is 0 Å². The third kappa shape index (κ3) is 3.74. The standard InChI is InChI=1S/C16H22N4S/c1-12-10-20(11-13-5-3-2-4-6-13)8-7-14(12)19-16-18-9-15(17)21-16/h2-6,9,12,14H,7-8,10-11,17H2,1H3,(H,18,19). The average molecular weight is 302 g/mol. The van der Waals surface area contributed by atoms with Gasteiger partial charge in [-0.3, -0.25) is 4.90 Å². The fourth-order valence-electron chi connectivity index (χ4n) is 2.94. The maximum atomic E-state index is 5.73. The van der Waals surface area contributed by atoms with Crippen LogP contribution in [0.2, 0.25) is 0 Å². The van der Waals surface area contributed by atoms with E-state index in [0.29, 0.717) is 12.0 Å². The summed E-state index contributed by atoms with van der Waals surface area (Å²) in [5.74, 6) is 0.604. The minimum absolute atomic E-state index is 0.488. The number of hydrogen-bond acceptors (Lipinski definition) is 5. The van der Waals surface area contributed by atoms with E-state index in [1.165, 1.54) is 16.9 Å². The van der Waals surface area contributed by atoms with E-state index in [2.05, 4.69) is 52.5 Å². The lowest BCUT2D eigenvalue weighted by Gasteiger charge is -2.37. The highest BCUT2D eigenvalue weighted by atomic mass is 32.1. The quantitative estimate of drug-likeness (QED) is 0.911. The molecule has 0 radical (unpaired) electrons. The Morgan fingerprint density at radius 1 is 1.38 bits per heavy atom. The fraction of sp³-hybridized carbons (Fsp3) is 0.438. The molecule has 0 amide bonds.